The van der Waals surface area contributed by atoms with Gasteiger partial charge in [-0.25, -0.2) is 4.79 Å². The van der Waals surface area contributed by atoms with Crippen LogP contribution in [0.25, 0.3) is 0 Å². The Balaban J connectivity index is 1.39. The van der Waals surface area contributed by atoms with Crippen LogP contribution in [0.4, 0.5) is 10.5 Å². The van der Waals surface area contributed by atoms with Crippen molar-refractivity contribution >= 4 is 23.8 Å². The van der Waals surface area contributed by atoms with Gasteiger partial charge < -0.3 is 18.9 Å². The Morgan fingerprint density at radius 1 is 0.788 bits per heavy atom. The highest BCUT2D eigenvalue weighted by Crippen LogP contribution is 2.54. The second kappa shape index (κ2) is 23.8. The van der Waals surface area contributed by atoms with Gasteiger partial charge in [-0.2, -0.15) is 0 Å². The van der Waals surface area contributed by atoms with Gasteiger partial charge >= 0.3 is 18.1 Å². The van der Waals surface area contributed by atoms with Gasteiger partial charge in [-0.1, -0.05) is 77.2 Å². The van der Waals surface area contributed by atoms with Crippen LogP contribution in [0.1, 0.15) is 136 Å². The zero-order valence-electron chi connectivity index (χ0n) is 31.9. The minimum absolute atomic E-state index is 0.0361. The Morgan fingerprint density at radius 3 is 2.00 bits per heavy atom. The average molecular weight is 726 g/mol. The summed E-state index contributed by atoms with van der Waals surface area (Å²) in [5, 5.41) is 10.9. The molecule has 0 aromatic heterocycles. The number of carbonyl (C=O) groups excluding carboxylic acids is 3. The summed E-state index contributed by atoms with van der Waals surface area (Å²) in [6.07, 6.45) is 26.2. The van der Waals surface area contributed by atoms with E-state index in [0.29, 0.717) is 30.6 Å². The number of hydrogen-bond donors (Lipinski definition) is 0. The standard InChI is InChI=1S/C42H63NO9/c1-4-5-6-7-8-9-10-11-12-13-14-15-16-17-18-19-39(44)49-30-36(32-51-41(46)52-38-22-20-37(21-23-38)43(47)48)31-50-40(45)29-42-26-33(2)24-35(28-42)25-34(3)27-42/h8-9,11-12,20-23,33-36H,4-7,10,13-19,24-32H2,1-3H3/b9-8-,12-11-. The van der Waals surface area contributed by atoms with Crippen molar-refractivity contribution in [3.8, 4) is 5.75 Å². The number of carbonyl (C=O) groups is 3. The number of hydrogen-bond acceptors (Lipinski definition) is 9. The lowest BCUT2D eigenvalue weighted by Gasteiger charge is -2.49. The van der Waals surface area contributed by atoms with Crippen molar-refractivity contribution in [2.24, 2.45) is 29.1 Å². The van der Waals surface area contributed by atoms with Gasteiger partial charge in [0.1, 0.15) is 25.6 Å². The molecule has 2 aliphatic carbocycles. The fourth-order valence-corrected chi connectivity index (χ4v) is 8.15. The minimum atomic E-state index is -1.01. The lowest BCUT2D eigenvalue weighted by Crippen LogP contribution is -2.41. The van der Waals surface area contributed by atoms with Crippen LogP contribution in [0.15, 0.2) is 48.6 Å². The van der Waals surface area contributed by atoms with E-state index in [0.717, 1.165) is 64.2 Å². The number of nitro groups is 1. The molecular formula is C42H63NO9. The van der Waals surface area contributed by atoms with Crippen molar-refractivity contribution in [3.63, 3.8) is 0 Å². The normalized spacial score (nSPS) is 21.9. The number of esters is 2. The highest BCUT2D eigenvalue weighted by molar-refractivity contribution is 5.70. The molecule has 0 spiro atoms. The highest BCUT2D eigenvalue weighted by Gasteiger charge is 2.45. The molecule has 2 bridgehead atoms. The van der Waals surface area contributed by atoms with Gasteiger partial charge in [-0.3, -0.25) is 19.7 Å². The summed E-state index contributed by atoms with van der Waals surface area (Å²) in [6.45, 7) is 6.43. The molecule has 10 heteroatoms. The van der Waals surface area contributed by atoms with Gasteiger partial charge in [0.25, 0.3) is 5.69 Å². The second-order valence-corrected chi connectivity index (χ2v) is 15.5. The Kier molecular flexibility index (Phi) is 19.5. The summed E-state index contributed by atoms with van der Waals surface area (Å²) in [7, 11) is 0. The van der Waals surface area contributed by atoms with Crippen molar-refractivity contribution in [2.75, 3.05) is 19.8 Å². The predicted octanol–water partition coefficient (Wildman–Crippen LogP) is 10.9. The molecule has 0 heterocycles. The summed E-state index contributed by atoms with van der Waals surface area (Å²) < 4.78 is 21.7. The minimum Gasteiger partial charge on any atom is -0.465 e. The first-order valence-electron chi connectivity index (χ1n) is 19.8. The van der Waals surface area contributed by atoms with Crippen molar-refractivity contribution in [3.05, 3.63) is 58.7 Å². The Morgan fingerprint density at radius 2 is 1.37 bits per heavy atom. The van der Waals surface area contributed by atoms with E-state index in [1.165, 1.54) is 62.8 Å². The Hall–Kier alpha value is -3.69. The molecule has 290 valence electrons. The van der Waals surface area contributed by atoms with E-state index < -0.39 is 17.0 Å². The van der Waals surface area contributed by atoms with Gasteiger partial charge in [0.05, 0.1) is 17.3 Å². The van der Waals surface area contributed by atoms with Crippen molar-refractivity contribution in [2.45, 2.75) is 136 Å². The topological polar surface area (TPSA) is 131 Å². The molecule has 0 N–H and O–H groups in total. The highest BCUT2D eigenvalue weighted by atomic mass is 16.7. The molecule has 1 aromatic carbocycles. The van der Waals surface area contributed by atoms with E-state index in [1.807, 2.05) is 0 Å². The smallest absolute Gasteiger partial charge is 0.465 e. The molecule has 2 fully saturated rings. The van der Waals surface area contributed by atoms with Crippen molar-refractivity contribution < 1.29 is 38.3 Å². The monoisotopic (exact) mass is 725 g/mol. The number of unbranched alkanes of at least 4 members (excludes halogenated alkanes) is 8. The molecule has 1 aromatic rings. The molecular weight excluding hydrogens is 662 g/mol. The van der Waals surface area contributed by atoms with Gasteiger partial charge in [-0.15, -0.1) is 0 Å². The number of nitrogens with zero attached hydrogens (tertiary/aromatic N) is 1. The van der Waals surface area contributed by atoms with E-state index in [4.69, 9.17) is 18.9 Å². The van der Waals surface area contributed by atoms with E-state index in [1.54, 1.807) is 0 Å². The maximum atomic E-state index is 13.2. The maximum absolute atomic E-state index is 13.2. The molecule has 2 aliphatic rings. The molecule has 52 heavy (non-hydrogen) atoms. The zero-order chi connectivity index (χ0) is 37.6. The summed E-state index contributed by atoms with van der Waals surface area (Å²) in [5.41, 5.74) is -0.171. The van der Waals surface area contributed by atoms with E-state index in [-0.39, 0.29) is 48.6 Å². The number of benzene rings is 1. The van der Waals surface area contributed by atoms with Crippen LogP contribution in [0.2, 0.25) is 0 Å². The fourth-order valence-electron chi connectivity index (χ4n) is 8.15. The summed E-state index contributed by atoms with van der Waals surface area (Å²) >= 11 is 0. The Labute approximate surface area is 311 Å². The number of non-ortho nitro benzene ring substituents is 1. The molecule has 3 rings (SSSR count). The third-order valence-corrected chi connectivity index (χ3v) is 10.3. The zero-order valence-corrected chi connectivity index (χ0v) is 31.9. The first-order chi connectivity index (χ1) is 25.1. The molecule has 0 aliphatic heterocycles. The molecule has 0 saturated heterocycles. The summed E-state index contributed by atoms with van der Waals surface area (Å²) in [5.74, 6) is 0.708. The van der Waals surface area contributed by atoms with E-state index >= 15 is 0 Å². The van der Waals surface area contributed by atoms with Gasteiger partial charge in [-0.05, 0) is 106 Å². The maximum Gasteiger partial charge on any atom is 0.513 e. The number of fused-ring (bicyclic) bond motifs is 2. The Bertz CT molecular complexity index is 1270. The third-order valence-electron chi connectivity index (χ3n) is 10.3. The predicted molar refractivity (Wildman–Crippen MR) is 202 cm³/mol. The largest absolute Gasteiger partial charge is 0.513 e. The van der Waals surface area contributed by atoms with Crippen LogP contribution in [0.5, 0.6) is 5.75 Å². The van der Waals surface area contributed by atoms with Crippen LogP contribution in [-0.4, -0.2) is 42.8 Å². The summed E-state index contributed by atoms with van der Waals surface area (Å²) in [6, 6.07) is 5.05. The van der Waals surface area contributed by atoms with E-state index in [2.05, 4.69) is 45.1 Å². The van der Waals surface area contributed by atoms with Crippen molar-refractivity contribution in [1.29, 1.82) is 0 Å². The van der Waals surface area contributed by atoms with Crippen LogP contribution < -0.4 is 4.74 Å². The number of ether oxygens (including phenoxy) is 4. The van der Waals surface area contributed by atoms with E-state index in [9.17, 15) is 24.5 Å². The molecule has 2 saturated carbocycles. The first kappa shape index (κ1) is 42.7. The number of allylic oxidation sites excluding steroid dienone is 4. The quantitative estimate of drug-likeness (QED) is 0.0194. The van der Waals surface area contributed by atoms with Crippen LogP contribution in [-0.2, 0) is 23.8 Å². The average Bonchev–Trinajstić information content (AvgIpc) is 3.09. The molecule has 0 radical (unpaired) electrons. The second-order valence-electron chi connectivity index (χ2n) is 15.5. The lowest BCUT2D eigenvalue weighted by atomic mass is 9.56. The number of nitro benzene ring substituents is 1. The molecule has 3 atom stereocenters. The summed E-state index contributed by atoms with van der Waals surface area (Å²) in [4.78, 5) is 48.5. The number of rotatable bonds is 24. The van der Waals surface area contributed by atoms with Crippen LogP contribution in [0, 0.1) is 39.2 Å². The van der Waals surface area contributed by atoms with Crippen LogP contribution >= 0.6 is 0 Å². The van der Waals surface area contributed by atoms with Gasteiger partial charge in [0, 0.05) is 18.6 Å². The van der Waals surface area contributed by atoms with Gasteiger partial charge in [0.15, 0.2) is 0 Å². The first-order valence-corrected chi connectivity index (χ1v) is 19.8. The fraction of sp³-hybridized carbons (Fsp3) is 0.690. The lowest BCUT2D eigenvalue weighted by molar-refractivity contribution is -0.384. The molecule has 0 amide bonds. The molecule has 3 unspecified atom stereocenters. The third kappa shape index (κ3) is 17.2. The van der Waals surface area contributed by atoms with Gasteiger partial charge in [0.2, 0.25) is 0 Å². The SMILES string of the molecule is CCCCC/C=C\C/C=C\CCCCCCCC(=O)OCC(COC(=O)CC12CC(C)CC(CC(C)C1)C2)COC(=O)Oc1ccc([N+](=O)[O-])cc1. The van der Waals surface area contributed by atoms with Crippen molar-refractivity contribution in [1.82, 2.24) is 0 Å². The van der Waals surface area contributed by atoms with Crippen LogP contribution in [0.3, 0.4) is 0 Å². The molecule has 10 nitrogen and oxygen atoms in total.